The summed E-state index contributed by atoms with van der Waals surface area (Å²) < 4.78 is 0. The molecule has 1 saturated heterocycles. The number of thiazole rings is 1. The Morgan fingerprint density at radius 1 is 1.43 bits per heavy atom. The van der Waals surface area contributed by atoms with E-state index in [2.05, 4.69) is 40.3 Å². The maximum Gasteiger partial charge on any atom is 0.305 e. The molecule has 0 unspecified atom stereocenters. The van der Waals surface area contributed by atoms with Gasteiger partial charge in [-0.2, -0.15) is 0 Å². The number of piperidine rings is 1. The molecule has 3 rings (SSSR count). The molecule has 3 heterocycles. The molecule has 0 amide bonds. The zero-order chi connectivity index (χ0) is 14.8. The normalized spacial score (nSPS) is 17.7. The Labute approximate surface area is 133 Å². The van der Waals surface area contributed by atoms with Crippen LogP contribution in [0.15, 0.2) is 22.3 Å². The van der Waals surface area contributed by atoms with E-state index >= 15 is 0 Å². The van der Waals surface area contributed by atoms with Crippen molar-refractivity contribution in [1.29, 1.82) is 0 Å². The van der Waals surface area contributed by atoms with Crippen LogP contribution in [0, 0.1) is 0 Å². The van der Waals surface area contributed by atoms with Gasteiger partial charge in [-0.3, -0.25) is 9.69 Å². The lowest BCUT2D eigenvalue weighted by molar-refractivity contribution is 0.140. The first-order valence-electron chi connectivity index (χ1n) is 7.28. The van der Waals surface area contributed by atoms with Crippen LogP contribution >= 0.6 is 22.7 Å². The molecule has 4 nitrogen and oxygen atoms in total. The predicted molar refractivity (Wildman–Crippen MR) is 90.2 cm³/mol. The van der Waals surface area contributed by atoms with Gasteiger partial charge < -0.3 is 9.88 Å². The molecular formula is C15H21N3OS2. The minimum Gasteiger partial charge on any atom is -0.311 e. The highest BCUT2D eigenvalue weighted by Gasteiger charge is 2.22. The van der Waals surface area contributed by atoms with Crippen LogP contribution in [0.5, 0.6) is 0 Å². The number of nitrogens with zero attached hydrogens (tertiary/aromatic N) is 2. The second-order valence-corrected chi connectivity index (χ2v) is 7.75. The molecule has 2 aromatic rings. The number of aromatic nitrogens is 1. The van der Waals surface area contributed by atoms with Crippen molar-refractivity contribution in [3.8, 4) is 10.6 Å². The Hall–Kier alpha value is -0.950. The van der Waals surface area contributed by atoms with Gasteiger partial charge >= 0.3 is 4.87 Å². The molecule has 1 fully saturated rings. The first-order chi connectivity index (χ1) is 10.1. The lowest BCUT2D eigenvalue weighted by atomic mass is 10.0. The van der Waals surface area contributed by atoms with Gasteiger partial charge in [-0.25, -0.2) is 0 Å². The van der Waals surface area contributed by atoms with E-state index in [1.807, 2.05) is 6.07 Å². The van der Waals surface area contributed by atoms with E-state index in [0.29, 0.717) is 6.04 Å². The molecule has 0 saturated carbocycles. The average Bonchev–Trinajstić information content (AvgIpc) is 3.09. The third kappa shape index (κ3) is 3.45. The summed E-state index contributed by atoms with van der Waals surface area (Å²) in [6.07, 6.45) is 2.42. The number of hydrogen-bond acceptors (Lipinski definition) is 5. The molecule has 0 atom stereocenters. The fourth-order valence-electron chi connectivity index (χ4n) is 2.88. The molecule has 0 aromatic carbocycles. The smallest absolute Gasteiger partial charge is 0.305 e. The van der Waals surface area contributed by atoms with Crippen molar-refractivity contribution < 1.29 is 0 Å². The topological polar surface area (TPSA) is 39.3 Å². The fraction of sp³-hybridized carbons (Fsp3) is 0.533. The number of hydrogen-bond donors (Lipinski definition) is 1. The summed E-state index contributed by atoms with van der Waals surface area (Å²) in [7, 11) is 4.36. The molecule has 114 valence electrons. The molecule has 1 aliphatic rings. The zero-order valence-electron chi connectivity index (χ0n) is 12.5. The zero-order valence-corrected chi connectivity index (χ0v) is 14.1. The Morgan fingerprint density at radius 3 is 2.86 bits per heavy atom. The van der Waals surface area contributed by atoms with E-state index in [4.69, 9.17) is 0 Å². The summed E-state index contributed by atoms with van der Waals surface area (Å²) in [5.41, 5.74) is 1.01. The minimum atomic E-state index is 0.0465. The third-order valence-corrected chi connectivity index (χ3v) is 5.95. The van der Waals surface area contributed by atoms with E-state index in [1.54, 1.807) is 11.3 Å². The molecule has 0 spiro atoms. The van der Waals surface area contributed by atoms with Crippen LogP contribution in [0.4, 0.5) is 0 Å². The van der Waals surface area contributed by atoms with Gasteiger partial charge in [-0.15, -0.1) is 11.3 Å². The lowest BCUT2D eigenvalue weighted by Crippen LogP contribution is -2.41. The van der Waals surface area contributed by atoms with E-state index in [-0.39, 0.29) is 4.87 Å². The summed E-state index contributed by atoms with van der Waals surface area (Å²) in [5.74, 6) is 0. The number of aromatic amines is 1. The predicted octanol–water partition coefficient (Wildman–Crippen LogP) is 2.69. The van der Waals surface area contributed by atoms with E-state index in [1.165, 1.54) is 24.2 Å². The highest BCUT2D eigenvalue weighted by Crippen LogP contribution is 2.29. The maximum absolute atomic E-state index is 11.7. The van der Waals surface area contributed by atoms with Crippen molar-refractivity contribution in [1.82, 2.24) is 14.8 Å². The number of nitrogens with one attached hydrogen (secondary N) is 1. The molecular weight excluding hydrogens is 302 g/mol. The van der Waals surface area contributed by atoms with Crippen molar-refractivity contribution in [3.05, 3.63) is 32.1 Å². The lowest BCUT2D eigenvalue weighted by Gasteiger charge is -2.35. The highest BCUT2D eigenvalue weighted by molar-refractivity contribution is 7.14. The second-order valence-electron chi connectivity index (χ2n) is 5.74. The number of rotatable bonds is 4. The standard InChI is InChI=1S/C15H21N3OS2/c1-17-7-5-11(6-8-17)18(2)10-13-14(16-15(19)21-13)12-4-3-9-20-12/h3-4,9,11H,5-8,10H2,1-2H3,(H,16,19). The van der Waals surface area contributed by atoms with Crippen LogP contribution in [-0.4, -0.2) is 48.0 Å². The molecule has 0 radical (unpaired) electrons. The van der Waals surface area contributed by atoms with E-state index < -0.39 is 0 Å². The van der Waals surface area contributed by atoms with Crippen LogP contribution in [0.25, 0.3) is 10.6 Å². The Morgan fingerprint density at radius 2 is 2.19 bits per heavy atom. The van der Waals surface area contributed by atoms with Crippen LogP contribution < -0.4 is 4.87 Å². The second kappa shape index (κ2) is 6.44. The Balaban J connectivity index is 1.74. The quantitative estimate of drug-likeness (QED) is 0.940. The molecule has 6 heteroatoms. The average molecular weight is 323 g/mol. The first-order valence-corrected chi connectivity index (χ1v) is 8.98. The monoisotopic (exact) mass is 323 g/mol. The molecule has 21 heavy (non-hydrogen) atoms. The van der Waals surface area contributed by atoms with Gasteiger partial charge in [0.15, 0.2) is 0 Å². The molecule has 1 N–H and O–H groups in total. The molecule has 0 aliphatic carbocycles. The summed E-state index contributed by atoms with van der Waals surface area (Å²) in [5, 5.41) is 2.05. The summed E-state index contributed by atoms with van der Waals surface area (Å²) in [4.78, 5) is 21.9. The van der Waals surface area contributed by atoms with Gasteiger partial charge in [-0.05, 0) is 51.5 Å². The van der Waals surface area contributed by atoms with Crippen molar-refractivity contribution >= 4 is 22.7 Å². The highest BCUT2D eigenvalue weighted by atomic mass is 32.1. The summed E-state index contributed by atoms with van der Waals surface area (Å²) in [6.45, 7) is 3.18. The number of likely N-dealkylation sites (tertiary alicyclic amines) is 1. The van der Waals surface area contributed by atoms with Crippen LogP contribution in [0.2, 0.25) is 0 Å². The van der Waals surface area contributed by atoms with Crippen molar-refractivity contribution in [2.24, 2.45) is 0 Å². The minimum absolute atomic E-state index is 0.0465. The van der Waals surface area contributed by atoms with Gasteiger partial charge in [0.05, 0.1) is 10.6 Å². The van der Waals surface area contributed by atoms with Gasteiger partial charge in [0, 0.05) is 17.5 Å². The SMILES string of the molecule is CN1CCC(N(C)Cc2sc(=O)[nH]c2-c2cccs2)CC1. The molecule has 0 bridgehead atoms. The van der Waals surface area contributed by atoms with Gasteiger partial charge in [0.1, 0.15) is 0 Å². The maximum atomic E-state index is 11.7. The van der Waals surface area contributed by atoms with Crippen molar-refractivity contribution in [2.45, 2.75) is 25.4 Å². The first kappa shape index (κ1) is 15.0. The Bertz CT molecular complexity index is 624. The number of H-pyrrole nitrogens is 1. The van der Waals surface area contributed by atoms with Crippen molar-refractivity contribution in [3.63, 3.8) is 0 Å². The summed E-state index contributed by atoms with van der Waals surface area (Å²) in [6, 6.07) is 4.72. The van der Waals surface area contributed by atoms with Gasteiger partial charge in [0.25, 0.3) is 0 Å². The largest absolute Gasteiger partial charge is 0.311 e. The van der Waals surface area contributed by atoms with E-state index in [9.17, 15) is 4.79 Å². The third-order valence-electron chi connectivity index (χ3n) is 4.19. The van der Waals surface area contributed by atoms with E-state index in [0.717, 1.165) is 35.1 Å². The van der Waals surface area contributed by atoms with Crippen LogP contribution in [-0.2, 0) is 6.54 Å². The van der Waals surface area contributed by atoms with Crippen LogP contribution in [0.1, 0.15) is 17.7 Å². The molecule has 1 aliphatic heterocycles. The van der Waals surface area contributed by atoms with Crippen LogP contribution in [0.3, 0.4) is 0 Å². The Kier molecular flexibility index (Phi) is 4.59. The van der Waals surface area contributed by atoms with Gasteiger partial charge in [0.2, 0.25) is 0 Å². The van der Waals surface area contributed by atoms with Gasteiger partial charge in [-0.1, -0.05) is 17.4 Å². The number of thiophene rings is 1. The fourth-order valence-corrected chi connectivity index (χ4v) is 4.61. The molecule has 2 aromatic heterocycles. The summed E-state index contributed by atoms with van der Waals surface area (Å²) >= 11 is 3.03. The van der Waals surface area contributed by atoms with Crippen molar-refractivity contribution in [2.75, 3.05) is 27.2 Å².